The number of amides is 1. The molecule has 0 spiro atoms. The summed E-state index contributed by atoms with van der Waals surface area (Å²) >= 11 is 0. The fourth-order valence-electron chi connectivity index (χ4n) is 3.82. The molecule has 1 unspecified atom stereocenters. The van der Waals surface area contributed by atoms with E-state index in [-0.39, 0.29) is 11.9 Å². The maximum Gasteiger partial charge on any atom is 0.252 e. The van der Waals surface area contributed by atoms with Crippen molar-refractivity contribution in [3.8, 4) is 11.3 Å². The Morgan fingerprint density at radius 1 is 1.13 bits per heavy atom. The molecule has 1 amide bonds. The number of carbonyl (C=O) groups is 1. The largest absolute Gasteiger partial charge is 0.345 e. The molecule has 0 radical (unpaired) electrons. The minimum absolute atomic E-state index is 0.132. The number of aromatic nitrogens is 5. The highest BCUT2D eigenvalue weighted by Gasteiger charge is 2.20. The Hall–Kier alpha value is -3.48. The summed E-state index contributed by atoms with van der Waals surface area (Å²) in [4.78, 5) is 18.1. The SMILES string of the molecule is CCn1cc(C(C)NC(=O)c2cc(-c3cn(C)nc3C)nc3ccccc23)c(C)n1. The second-order valence-corrected chi connectivity index (χ2v) is 7.59. The van der Waals surface area contributed by atoms with E-state index in [2.05, 4.69) is 15.5 Å². The minimum atomic E-state index is -0.159. The van der Waals surface area contributed by atoms with Gasteiger partial charge in [-0.25, -0.2) is 4.98 Å². The first kappa shape index (κ1) is 19.8. The molecule has 1 aromatic carbocycles. The zero-order valence-corrected chi connectivity index (χ0v) is 18.0. The summed E-state index contributed by atoms with van der Waals surface area (Å²) in [5.41, 5.74) is 5.88. The third-order valence-corrected chi connectivity index (χ3v) is 5.37. The molecule has 30 heavy (non-hydrogen) atoms. The number of rotatable bonds is 5. The van der Waals surface area contributed by atoms with Crippen LogP contribution in [-0.2, 0) is 13.6 Å². The fraction of sp³-hybridized carbons (Fsp3) is 0.304. The van der Waals surface area contributed by atoms with Crippen LogP contribution < -0.4 is 5.32 Å². The van der Waals surface area contributed by atoms with E-state index in [0.717, 1.165) is 45.7 Å². The van der Waals surface area contributed by atoms with Gasteiger partial charge in [-0.05, 0) is 39.8 Å². The van der Waals surface area contributed by atoms with Gasteiger partial charge in [0.15, 0.2) is 0 Å². The van der Waals surface area contributed by atoms with Gasteiger partial charge >= 0.3 is 0 Å². The predicted molar refractivity (Wildman–Crippen MR) is 117 cm³/mol. The van der Waals surface area contributed by atoms with Gasteiger partial charge in [0.1, 0.15) is 0 Å². The van der Waals surface area contributed by atoms with E-state index in [1.54, 1.807) is 4.68 Å². The van der Waals surface area contributed by atoms with Crippen LogP contribution in [0.4, 0.5) is 0 Å². The van der Waals surface area contributed by atoms with Crippen molar-refractivity contribution in [1.29, 1.82) is 0 Å². The summed E-state index contributed by atoms with van der Waals surface area (Å²) in [6, 6.07) is 9.42. The van der Waals surface area contributed by atoms with E-state index in [4.69, 9.17) is 4.98 Å². The summed E-state index contributed by atoms with van der Waals surface area (Å²) in [6.07, 6.45) is 3.93. The lowest BCUT2D eigenvalue weighted by atomic mass is 10.0. The molecule has 7 heteroatoms. The summed E-state index contributed by atoms with van der Waals surface area (Å²) in [7, 11) is 1.88. The quantitative estimate of drug-likeness (QED) is 0.548. The smallest absolute Gasteiger partial charge is 0.252 e. The van der Waals surface area contributed by atoms with Crippen LogP contribution in [0.1, 0.15) is 47.2 Å². The van der Waals surface area contributed by atoms with Crippen molar-refractivity contribution in [1.82, 2.24) is 29.9 Å². The van der Waals surface area contributed by atoms with Gasteiger partial charge < -0.3 is 5.32 Å². The number of pyridine rings is 1. The number of benzene rings is 1. The van der Waals surface area contributed by atoms with Gasteiger partial charge in [-0.2, -0.15) is 10.2 Å². The number of hydrogen-bond donors (Lipinski definition) is 1. The van der Waals surface area contributed by atoms with Crippen LogP contribution in [0.25, 0.3) is 22.2 Å². The average molecular weight is 403 g/mol. The average Bonchev–Trinajstić information content (AvgIpc) is 3.28. The molecular formula is C23H26N6O. The molecule has 0 aliphatic heterocycles. The van der Waals surface area contributed by atoms with Gasteiger partial charge in [0.2, 0.25) is 0 Å². The molecule has 1 atom stereocenters. The van der Waals surface area contributed by atoms with E-state index < -0.39 is 0 Å². The molecule has 4 rings (SSSR count). The number of aryl methyl sites for hydroxylation is 4. The highest BCUT2D eigenvalue weighted by molar-refractivity contribution is 6.07. The minimum Gasteiger partial charge on any atom is -0.345 e. The van der Waals surface area contributed by atoms with Gasteiger partial charge in [-0.1, -0.05) is 18.2 Å². The van der Waals surface area contributed by atoms with E-state index in [9.17, 15) is 4.79 Å². The van der Waals surface area contributed by atoms with Crippen molar-refractivity contribution in [2.45, 2.75) is 40.3 Å². The van der Waals surface area contributed by atoms with Crippen LogP contribution in [0.3, 0.4) is 0 Å². The van der Waals surface area contributed by atoms with Crippen molar-refractivity contribution >= 4 is 16.8 Å². The standard InChI is InChI=1S/C23H26N6O/c1-6-29-13-19(15(3)27-29)14(2)24-23(30)18-11-22(20-12-28(5)26-16(20)4)25-21-10-8-7-9-17(18)21/h7-14H,6H2,1-5H3,(H,24,30). The van der Waals surface area contributed by atoms with Crippen LogP contribution in [0.5, 0.6) is 0 Å². The Morgan fingerprint density at radius 3 is 2.57 bits per heavy atom. The summed E-state index contributed by atoms with van der Waals surface area (Å²) < 4.78 is 3.65. The number of carbonyl (C=O) groups excluding carboxylic acids is 1. The molecule has 0 bridgehead atoms. The lowest BCUT2D eigenvalue weighted by Gasteiger charge is -2.15. The molecule has 0 aliphatic rings. The fourth-order valence-corrected chi connectivity index (χ4v) is 3.82. The number of nitrogens with zero attached hydrogens (tertiary/aromatic N) is 5. The molecule has 7 nitrogen and oxygen atoms in total. The van der Waals surface area contributed by atoms with Gasteiger partial charge in [0, 0.05) is 42.5 Å². The Labute approximate surface area is 175 Å². The van der Waals surface area contributed by atoms with E-state index in [1.165, 1.54) is 0 Å². The zero-order chi connectivity index (χ0) is 21.4. The van der Waals surface area contributed by atoms with E-state index >= 15 is 0 Å². The topological polar surface area (TPSA) is 77.6 Å². The van der Waals surface area contributed by atoms with Gasteiger partial charge in [0.05, 0.1) is 34.2 Å². The van der Waals surface area contributed by atoms with E-state index in [0.29, 0.717) is 5.56 Å². The van der Waals surface area contributed by atoms with Crippen LogP contribution in [0.2, 0.25) is 0 Å². The second kappa shape index (κ2) is 7.74. The van der Waals surface area contributed by atoms with Gasteiger partial charge in [-0.15, -0.1) is 0 Å². The molecule has 3 aromatic heterocycles. The summed E-state index contributed by atoms with van der Waals surface area (Å²) in [5, 5.41) is 12.9. The summed E-state index contributed by atoms with van der Waals surface area (Å²) in [6.45, 7) is 8.74. The molecular weight excluding hydrogens is 376 g/mol. The number of para-hydroxylation sites is 1. The van der Waals surface area contributed by atoms with Crippen molar-refractivity contribution in [3.63, 3.8) is 0 Å². The molecule has 0 saturated heterocycles. The lowest BCUT2D eigenvalue weighted by Crippen LogP contribution is -2.27. The first-order valence-corrected chi connectivity index (χ1v) is 10.1. The monoisotopic (exact) mass is 402 g/mol. The Kier molecular flexibility index (Phi) is 5.11. The molecule has 0 saturated carbocycles. The van der Waals surface area contributed by atoms with Crippen molar-refractivity contribution < 1.29 is 4.79 Å². The highest BCUT2D eigenvalue weighted by atomic mass is 16.1. The maximum absolute atomic E-state index is 13.3. The Balaban J connectivity index is 1.74. The Bertz CT molecular complexity index is 1240. The van der Waals surface area contributed by atoms with Crippen molar-refractivity contribution in [2.24, 2.45) is 7.05 Å². The van der Waals surface area contributed by atoms with Crippen LogP contribution in [0.15, 0.2) is 42.7 Å². The molecule has 0 fully saturated rings. The van der Waals surface area contributed by atoms with Gasteiger partial charge in [0.25, 0.3) is 5.91 Å². The molecule has 4 aromatic rings. The third-order valence-electron chi connectivity index (χ3n) is 5.37. The summed E-state index contributed by atoms with van der Waals surface area (Å²) in [5.74, 6) is -0.132. The van der Waals surface area contributed by atoms with Gasteiger partial charge in [-0.3, -0.25) is 14.2 Å². The molecule has 154 valence electrons. The highest BCUT2D eigenvalue weighted by Crippen LogP contribution is 2.27. The maximum atomic E-state index is 13.3. The van der Waals surface area contributed by atoms with E-state index in [1.807, 2.05) is 82.1 Å². The van der Waals surface area contributed by atoms with Crippen LogP contribution in [0, 0.1) is 13.8 Å². The zero-order valence-electron chi connectivity index (χ0n) is 18.0. The molecule has 3 heterocycles. The third kappa shape index (κ3) is 3.58. The van der Waals surface area contributed by atoms with Crippen molar-refractivity contribution in [3.05, 3.63) is 65.2 Å². The number of fused-ring (bicyclic) bond motifs is 1. The molecule has 1 N–H and O–H groups in total. The van der Waals surface area contributed by atoms with Crippen molar-refractivity contribution in [2.75, 3.05) is 0 Å². The molecule has 0 aliphatic carbocycles. The first-order valence-electron chi connectivity index (χ1n) is 10.1. The second-order valence-electron chi connectivity index (χ2n) is 7.59. The van der Waals surface area contributed by atoms with Crippen LogP contribution in [-0.4, -0.2) is 30.5 Å². The first-order chi connectivity index (χ1) is 14.4. The lowest BCUT2D eigenvalue weighted by molar-refractivity contribution is 0.0941. The normalized spacial score (nSPS) is 12.3. The number of hydrogen-bond acceptors (Lipinski definition) is 4. The predicted octanol–water partition coefficient (Wildman–Crippen LogP) is 3.96. The van der Waals surface area contributed by atoms with Crippen LogP contribution >= 0.6 is 0 Å². The Morgan fingerprint density at radius 2 is 1.90 bits per heavy atom. The number of nitrogens with one attached hydrogen (secondary N) is 1.